The van der Waals surface area contributed by atoms with Gasteiger partial charge in [0, 0.05) is 31.7 Å². The Labute approximate surface area is 148 Å². The highest BCUT2D eigenvalue weighted by molar-refractivity contribution is 7.91. The summed E-state index contributed by atoms with van der Waals surface area (Å²) in [4.78, 5) is 25.4. The van der Waals surface area contributed by atoms with E-state index in [2.05, 4.69) is 14.9 Å². The standard InChI is InChI=1S/C16H24N4O4S/c1-3-20(13-4-9-25(22,23)11-13)16(21)14-10-15(18-12(2)17-14)19-5-7-24-8-6-19/h10,13H,3-9,11H2,1-2H3. The number of rotatable bonds is 4. The summed E-state index contributed by atoms with van der Waals surface area (Å²) in [6.07, 6.45) is 0.488. The summed E-state index contributed by atoms with van der Waals surface area (Å²) in [5.41, 5.74) is 0.320. The van der Waals surface area contributed by atoms with Crippen LogP contribution in [0.4, 0.5) is 5.82 Å². The fourth-order valence-electron chi connectivity index (χ4n) is 3.35. The van der Waals surface area contributed by atoms with E-state index < -0.39 is 9.84 Å². The molecular weight excluding hydrogens is 344 g/mol. The zero-order valence-corrected chi connectivity index (χ0v) is 15.5. The van der Waals surface area contributed by atoms with Crippen LogP contribution in [0.3, 0.4) is 0 Å². The van der Waals surface area contributed by atoms with Crippen molar-refractivity contribution in [3.8, 4) is 0 Å². The number of aromatic nitrogens is 2. The quantitative estimate of drug-likeness (QED) is 0.753. The van der Waals surface area contributed by atoms with Gasteiger partial charge in [0.25, 0.3) is 5.91 Å². The summed E-state index contributed by atoms with van der Waals surface area (Å²) in [6, 6.07) is 1.43. The molecule has 2 aliphatic rings. The van der Waals surface area contributed by atoms with Crippen LogP contribution >= 0.6 is 0 Å². The number of aryl methyl sites for hydroxylation is 1. The van der Waals surface area contributed by atoms with E-state index in [1.807, 2.05) is 6.92 Å². The normalized spacial score (nSPS) is 22.8. The van der Waals surface area contributed by atoms with Crippen LogP contribution in [-0.4, -0.2) is 79.6 Å². The Kier molecular flexibility index (Phi) is 5.24. The van der Waals surface area contributed by atoms with E-state index in [0.29, 0.717) is 43.5 Å². The number of amides is 1. The molecule has 2 saturated heterocycles. The number of carbonyl (C=O) groups is 1. The Morgan fingerprint density at radius 2 is 2.08 bits per heavy atom. The van der Waals surface area contributed by atoms with Gasteiger partial charge >= 0.3 is 0 Å². The van der Waals surface area contributed by atoms with Crippen molar-refractivity contribution in [2.24, 2.45) is 0 Å². The van der Waals surface area contributed by atoms with Crippen molar-refractivity contribution in [3.05, 3.63) is 17.6 Å². The lowest BCUT2D eigenvalue weighted by Crippen LogP contribution is -2.42. The lowest BCUT2D eigenvalue weighted by Gasteiger charge is -2.29. The summed E-state index contributed by atoms with van der Waals surface area (Å²) in [5, 5.41) is 0. The first kappa shape index (κ1) is 18.1. The molecule has 1 atom stereocenters. The van der Waals surface area contributed by atoms with Gasteiger partial charge in [-0.3, -0.25) is 4.79 Å². The molecule has 138 valence electrons. The molecule has 2 fully saturated rings. The topological polar surface area (TPSA) is 92.7 Å². The zero-order valence-electron chi connectivity index (χ0n) is 14.6. The average Bonchev–Trinajstić information content (AvgIpc) is 2.95. The second kappa shape index (κ2) is 7.25. The molecule has 1 amide bonds. The van der Waals surface area contributed by atoms with Crippen LogP contribution in [0.25, 0.3) is 0 Å². The number of sulfone groups is 1. The molecule has 0 aliphatic carbocycles. The van der Waals surface area contributed by atoms with Crippen LogP contribution in [0.1, 0.15) is 29.7 Å². The number of anilines is 1. The van der Waals surface area contributed by atoms with Crippen molar-refractivity contribution in [2.75, 3.05) is 49.3 Å². The molecule has 0 spiro atoms. The molecule has 9 heteroatoms. The Morgan fingerprint density at radius 1 is 1.36 bits per heavy atom. The summed E-state index contributed by atoms with van der Waals surface area (Å²) in [5.74, 6) is 1.19. The molecule has 1 unspecified atom stereocenters. The minimum absolute atomic E-state index is 0.0347. The summed E-state index contributed by atoms with van der Waals surface area (Å²) in [7, 11) is -3.05. The van der Waals surface area contributed by atoms with Crippen LogP contribution in [0, 0.1) is 6.92 Å². The monoisotopic (exact) mass is 368 g/mol. The maximum absolute atomic E-state index is 13.0. The van der Waals surface area contributed by atoms with Gasteiger partial charge in [-0.1, -0.05) is 0 Å². The van der Waals surface area contributed by atoms with E-state index in [1.165, 1.54) is 0 Å². The van der Waals surface area contributed by atoms with Gasteiger partial charge in [0.05, 0.1) is 24.7 Å². The molecule has 2 aliphatic heterocycles. The first-order valence-corrected chi connectivity index (χ1v) is 10.4. The predicted molar refractivity (Wildman–Crippen MR) is 93.6 cm³/mol. The van der Waals surface area contributed by atoms with E-state index in [1.54, 1.807) is 17.9 Å². The molecule has 0 saturated carbocycles. The van der Waals surface area contributed by atoms with Gasteiger partial charge in [-0.2, -0.15) is 0 Å². The lowest BCUT2D eigenvalue weighted by atomic mass is 10.2. The fourth-order valence-corrected chi connectivity index (χ4v) is 5.08. The van der Waals surface area contributed by atoms with Gasteiger partial charge in [0.2, 0.25) is 0 Å². The second-order valence-electron chi connectivity index (χ2n) is 6.41. The molecule has 0 N–H and O–H groups in total. The number of carbonyl (C=O) groups excluding carboxylic acids is 1. The second-order valence-corrected chi connectivity index (χ2v) is 8.63. The molecule has 3 rings (SSSR count). The molecule has 0 bridgehead atoms. The average molecular weight is 368 g/mol. The van der Waals surface area contributed by atoms with Gasteiger partial charge in [-0.25, -0.2) is 18.4 Å². The smallest absolute Gasteiger partial charge is 0.272 e. The van der Waals surface area contributed by atoms with Gasteiger partial charge < -0.3 is 14.5 Å². The molecule has 1 aromatic heterocycles. The van der Waals surface area contributed by atoms with E-state index >= 15 is 0 Å². The largest absolute Gasteiger partial charge is 0.378 e. The Balaban J connectivity index is 1.84. The van der Waals surface area contributed by atoms with Gasteiger partial charge in [-0.15, -0.1) is 0 Å². The molecule has 8 nitrogen and oxygen atoms in total. The van der Waals surface area contributed by atoms with Crippen LogP contribution < -0.4 is 4.90 Å². The van der Waals surface area contributed by atoms with Gasteiger partial charge in [-0.05, 0) is 20.3 Å². The maximum Gasteiger partial charge on any atom is 0.272 e. The number of hydrogen-bond acceptors (Lipinski definition) is 7. The number of hydrogen-bond donors (Lipinski definition) is 0. The van der Waals surface area contributed by atoms with E-state index in [0.717, 1.165) is 13.1 Å². The van der Waals surface area contributed by atoms with Crippen LogP contribution in [0.15, 0.2) is 6.07 Å². The van der Waals surface area contributed by atoms with Crippen molar-refractivity contribution < 1.29 is 17.9 Å². The molecule has 1 aromatic rings. The lowest BCUT2D eigenvalue weighted by molar-refractivity contribution is 0.0702. The van der Waals surface area contributed by atoms with Crippen molar-refractivity contribution in [1.82, 2.24) is 14.9 Å². The van der Waals surface area contributed by atoms with Crippen molar-refractivity contribution >= 4 is 21.6 Å². The van der Waals surface area contributed by atoms with Crippen molar-refractivity contribution in [2.45, 2.75) is 26.3 Å². The fraction of sp³-hybridized carbons (Fsp3) is 0.688. The Bertz CT molecular complexity index is 747. The predicted octanol–water partition coefficient (Wildman–Crippen LogP) is 0.271. The van der Waals surface area contributed by atoms with Crippen molar-refractivity contribution in [1.29, 1.82) is 0 Å². The highest BCUT2D eigenvalue weighted by Crippen LogP contribution is 2.21. The van der Waals surface area contributed by atoms with Crippen LogP contribution in [-0.2, 0) is 14.6 Å². The van der Waals surface area contributed by atoms with E-state index in [4.69, 9.17) is 4.74 Å². The summed E-state index contributed by atoms with van der Waals surface area (Å²) in [6.45, 7) is 6.79. The molecule has 0 aromatic carbocycles. The number of morpholine rings is 1. The Morgan fingerprint density at radius 3 is 2.68 bits per heavy atom. The van der Waals surface area contributed by atoms with Gasteiger partial charge in [0.15, 0.2) is 9.84 Å². The molecular formula is C16H24N4O4S. The van der Waals surface area contributed by atoms with Crippen LogP contribution in [0.2, 0.25) is 0 Å². The van der Waals surface area contributed by atoms with Gasteiger partial charge in [0.1, 0.15) is 17.3 Å². The van der Waals surface area contributed by atoms with Crippen LogP contribution in [0.5, 0.6) is 0 Å². The first-order chi connectivity index (χ1) is 11.9. The molecule has 0 radical (unpaired) electrons. The minimum Gasteiger partial charge on any atom is -0.378 e. The first-order valence-electron chi connectivity index (χ1n) is 8.59. The minimum atomic E-state index is -3.05. The zero-order chi connectivity index (χ0) is 18.0. The number of nitrogens with zero attached hydrogens (tertiary/aromatic N) is 4. The summed E-state index contributed by atoms with van der Waals surface area (Å²) < 4.78 is 28.9. The SMILES string of the molecule is CCN(C(=O)c1cc(N2CCOCC2)nc(C)n1)C1CCS(=O)(=O)C1. The van der Waals surface area contributed by atoms with E-state index in [-0.39, 0.29) is 23.5 Å². The third kappa shape index (κ3) is 4.09. The Hall–Kier alpha value is -1.74. The highest BCUT2D eigenvalue weighted by atomic mass is 32.2. The molecule has 25 heavy (non-hydrogen) atoms. The van der Waals surface area contributed by atoms with E-state index in [9.17, 15) is 13.2 Å². The number of ether oxygens (including phenoxy) is 1. The maximum atomic E-state index is 13.0. The third-order valence-corrected chi connectivity index (χ3v) is 6.38. The highest BCUT2D eigenvalue weighted by Gasteiger charge is 2.35. The molecule has 3 heterocycles. The van der Waals surface area contributed by atoms with Crippen molar-refractivity contribution in [3.63, 3.8) is 0 Å². The third-order valence-electron chi connectivity index (χ3n) is 4.63. The summed E-state index contributed by atoms with van der Waals surface area (Å²) >= 11 is 0.